The lowest BCUT2D eigenvalue weighted by atomic mass is 10.0. The topological polar surface area (TPSA) is 43.8 Å². The first-order valence-corrected chi connectivity index (χ1v) is 7.23. The van der Waals surface area contributed by atoms with Gasteiger partial charge < -0.3 is 5.73 Å². The van der Waals surface area contributed by atoms with E-state index >= 15 is 0 Å². The lowest BCUT2D eigenvalue weighted by molar-refractivity contribution is 0.500. The zero-order chi connectivity index (χ0) is 13.1. The molecule has 3 rings (SSSR count). The van der Waals surface area contributed by atoms with Crippen LogP contribution in [0.4, 0.5) is 5.82 Å². The zero-order valence-electron chi connectivity index (χ0n) is 11.3. The molecular weight excluding hydrogens is 234 g/mol. The van der Waals surface area contributed by atoms with Crippen LogP contribution in [0.2, 0.25) is 0 Å². The van der Waals surface area contributed by atoms with Crippen LogP contribution < -0.4 is 5.73 Å². The number of anilines is 1. The van der Waals surface area contributed by atoms with Gasteiger partial charge in [-0.15, -0.1) is 0 Å². The molecule has 1 aliphatic carbocycles. The Kier molecular flexibility index (Phi) is 3.53. The average Bonchev–Trinajstić information content (AvgIpc) is 3.07. The third-order valence-electron chi connectivity index (χ3n) is 4.07. The summed E-state index contributed by atoms with van der Waals surface area (Å²) in [6.45, 7) is 0. The number of hydrogen-bond donors (Lipinski definition) is 1. The number of nitrogens with zero attached hydrogens (tertiary/aromatic N) is 2. The van der Waals surface area contributed by atoms with Crippen LogP contribution in [0.25, 0.3) is 5.69 Å². The third kappa shape index (κ3) is 2.80. The molecular formula is C16H21N3. The van der Waals surface area contributed by atoms with Gasteiger partial charge in [-0.25, -0.2) is 4.68 Å². The summed E-state index contributed by atoms with van der Waals surface area (Å²) in [6.07, 6.45) is 7.92. The Balaban J connectivity index is 1.70. The molecule has 0 amide bonds. The molecule has 1 heterocycles. The molecule has 1 fully saturated rings. The molecule has 19 heavy (non-hydrogen) atoms. The van der Waals surface area contributed by atoms with Gasteiger partial charge in [-0.05, 0) is 30.9 Å². The summed E-state index contributed by atoms with van der Waals surface area (Å²) >= 11 is 0. The van der Waals surface area contributed by atoms with Gasteiger partial charge in [-0.2, -0.15) is 5.10 Å². The number of nitrogens with two attached hydrogens (primary N) is 1. The Morgan fingerprint density at radius 1 is 1.16 bits per heavy atom. The smallest absolute Gasteiger partial charge is 0.127 e. The molecule has 2 aromatic rings. The molecule has 0 saturated heterocycles. The quantitative estimate of drug-likeness (QED) is 0.907. The van der Waals surface area contributed by atoms with Gasteiger partial charge in [0.25, 0.3) is 0 Å². The minimum atomic E-state index is 0.729. The van der Waals surface area contributed by atoms with Crippen LogP contribution in [0.1, 0.15) is 37.8 Å². The highest BCUT2D eigenvalue weighted by Crippen LogP contribution is 2.28. The number of aryl methyl sites for hydroxylation is 1. The van der Waals surface area contributed by atoms with Crippen LogP contribution in [0.3, 0.4) is 0 Å². The lowest BCUT2D eigenvalue weighted by Gasteiger charge is -2.06. The second-order valence-electron chi connectivity index (χ2n) is 5.50. The first-order chi connectivity index (χ1) is 9.33. The van der Waals surface area contributed by atoms with E-state index in [1.807, 2.05) is 41.1 Å². The van der Waals surface area contributed by atoms with Gasteiger partial charge in [-0.1, -0.05) is 43.9 Å². The van der Waals surface area contributed by atoms with E-state index in [9.17, 15) is 0 Å². The van der Waals surface area contributed by atoms with E-state index in [-0.39, 0.29) is 0 Å². The van der Waals surface area contributed by atoms with Gasteiger partial charge in [0.2, 0.25) is 0 Å². The fourth-order valence-corrected chi connectivity index (χ4v) is 3.00. The molecule has 100 valence electrons. The van der Waals surface area contributed by atoms with Crippen molar-refractivity contribution in [2.24, 2.45) is 5.92 Å². The molecule has 3 heteroatoms. The molecule has 1 aromatic heterocycles. The Morgan fingerprint density at radius 2 is 1.89 bits per heavy atom. The molecule has 1 aliphatic rings. The Bertz CT molecular complexity index is 524. The van der Waals surface area contributed by atoms with E-state index in [2.05, 4.69) is 5.10 Å². The fraction of sp³-hybridized carbons (Fsp3) is 0.438. The fourth-order valence-electron chi connectivity index (χ4n) is 3.00. The summed E-state index contributed by atoms with van der Waals surface area (Å²) in [5, 5.41) is 4.63. The van der Waals surface area contributed by atoms with Crippen molar-refractivity contribution in [3.8, 4) is 5.69 Å². The lowest BCUT2D eigenvalue weighted by Crippen LogP contribution is -2.02. The van der Waals surface area contributed by atoms with Crippen molar-refractivity contribution in [3.63, 3.8) is 0 Å². The SMILES string of the molecule is Nc1cc(CCC2CCCC2)nn1-c1ccccc1. The largest absolute Gasteiger partial charge is 0.384 e. The summed E-state index contributed by atoms with van der Waals surface area (Å²) in [7, 11) is 0. The summed E-state index contributed by atoms with van der Waals surface area (Å²) < 4.78 is 1.84. The molecule has 0 unspecified atom stereocenters. The number of benzene rings is 1. The Labute approximate surface area is 114 Å². The monoisotopic (exact) mass is 255 g/mol. The highest BCUT2D eigenvalue weighted by molar-refractivity contribution is 5.42. The number of para-hydroxylation sites is 1. The van der Waals surface area contributed by atoms with E-state index in [4.69, 9.17) is 5.73 Å². The number of nitrogen functional groups attached to an aromatic ring is 1. The van der Waals surface area contributed by atoms with Crippen molar-refractivity contribution in [3.05, 3.63) is 42.1 Å². The Morgan fingerprint density at radius 3 is 2.63 bits per heavy atom. The van der Waals surface area contributed by atoms with Crippen molar-refractivity contribution in [2.75, 3.05) is 5.73 Å². The molecule has 2 N–H and O–H groups in total. The van der Waals surface area contributed by atoms with Crippen molar-refractivity contribution < 1.29 is 0 Å². The molecule has 0 radical (unpaired) electrons. The third-order valence-corrected chi connectivity index (χ3v) is 4.07. The minimum absolute atomic E-state index is 0.729. The van der Waals surface area contributed by atoms with Gasteiger partial charge in [-0.3, -0.25) is 0 Å². The highest BCUT2D eigenvalue weighted by Gasteiger charge is 2.15. The predicted octanol–water partition coefficient (Wildman–Crippen LogP) is 3.58. The van der Waals surface area contributed by atoms with Crippen LogP contribution in [0.15, 0.2) is 36.4 Å². The van der Waals surface area contributed by atoms with Crippen molar-refractivity contribution >= 4 is 5.82 Å². The second-order valence-corrected chi connectivity index (χ2v) is 5.50. The number of rotatable bonds is 4. The Hall–Kier alpha value is -1.77. The minimum Gasteiger partial charge on any atom is -0.384 e. The van der Waals surface area contributed by atoms with Crippen LogP contribution in [0, 0.1) is 5.92 Å². The first-order valence-electron chi connectivity index (χ1n) is 7.23. The predicted molar refractivity (Wildman–Crippen MR) is 78.3 cm³/mol. The van der Waals surface area contributed by atoms with E-state index in [1.165, 1.54) is 32.1 Å². The average molecular weight is 255 g/mol. The standard InChI is InChI=1S/C16H21N3/c17-16-12-14(11-10-13-6-4-5-7-13)18-19(16)15-8-2-1-3-9-15/h1-3,8-9,12-13H,4-7,10-11,17H2. The molecule has 0 aliphatic heterocycles. The zero-order valence-corrected chi connectivity index (χ0v) is 11.3. The van der Waals surface area contributed by atoms with Crippen molar-refractivity contribution in [1.82, 2.24) is 9.78 Å². The van der Waals surface area contributed by atoms with Gasteiger partial charge in [0.05, 0.1) is 11.4 Å². The molecule has 0 atom stereocenters. The second kappa shape index (κ2) is 5.47. The van der Waals surface area contributed by atoms with E-state index in [0.717, 1.165) is 29.5 Å². The van der Waals surface area contributed by atoms with Gasteiger partial charge in [0.1, 0.15) is 5.82 Å². The van der Waals surface area contributed by atoms with Crippen molar-refractivity contribution in [2.45, 2.75) is 38.5 Å². The van der Waals surface area contributed by atoms with Gasteiger partial charge >= 0.3 is 0 Å². The summed E-state index contributed by atoms with van der Waals surface area (Å²) in [4.78, 5) is 0. The van der Waals surface area contributed by atoms with Gasteiger partial charge in [0, 0.05) is 6.07 Å². The summed E-state index contributed by atoms with van der Waals surface area (Å²) in [5.74, 6) is 1.63. The molecule has 3 nitrogen and oxygen atoms in total. The van der Waals surface area contributed by atoms with E-state index in [0.29, 0.717) is 0 Å². The maximum absolute atomic E-state index is 6.06. The maximum atomic E-state index is 6.06. The molecule has 0 bridgehead atoms. The highest BCUT2D eigenvalue weighted by atomic mass is 15.3. The van der Waals surface area contributed by atoms with Gasteiger partial charge in [0.15, 0.2) is 0 Å². The van der Waals surface area contributed by atoms with Crippen LogP contribution >= 0.6 is 0 Å². The van der Waals surface area contributed by atoms with Crippen molar-refractivity contribution in [1.29, 1.82) is 0 Å². The first kappa shape index (κ1) is 12.3. The number of aromatic nitrogens is 2. The summed E-state index contributed by atoms with van der Waals surface area (Å²) in [6, 6.07) is 12.1. The molecule has 1 aromatic carbocycles. The molecule has 1 saturated carbocycles. The molecule has 0 spiro atoms. The normalized spacial score (nSPS) is 16.0. The van der Waals surface area contributed by atoms with E-state index < -0.39 is 0 Å². The maximum Gasteiger partial charge on any atom is 0.127 e. The van der Waals surface area contributed by atoms with Crippen LogP contribution in [0.5, 0.6) is 0 Å². The number of hydrogen-bond acceptors (Lipinski definition) is 2. The van der Waals surface area contributed by atoms with Crippen LogP contribution in [-0.2, 0) is 6.42 Å². The van der Waals surface area contributed by atoms with Crippen LogP contribution in [-0.4, -0.2) is 9.78 Å². The summed E-state index contributed by atoms with van der Waals surface area (Å²) in [5.41, 5.74) is 8.21. The van der Waals surface area contributed by atoms with E-state index in [1.54, 1.807) is 0 Å².